The molecule has 0 aliphatic carbocycles. The highest BCUT2D eigenvalue weighted by Gasteiger charge is 2.24. The molecule has 1 aromatic heterocycles. The summed E-state index contributed by atoms with van der Waals surface area (Å²) in [6, 6.07) is 4.03. The molecule has 0 amide bonds. The number of aromatic nitrogens is 1. The van der Waals surface area contributed by atoms with Crippen molar-refractivity contribution >= 4 is 0 Å². The lowest BCUT2D eigenvalue weighted by Gasteiger charge is -2.12. The number of pyridine rings is 1. The molecule has 0 spiro atoms. The molecular weight excluding hydrogens is 190 g/mol. The maximum atomic E-state index is 8.81. The third kappa shape index (κ3) is 3.01. The van der Waals surface area contributed by atoms with Crippen molar-refractivity contribution < 1.29 is 9.84 Å². The minimum atomic E-state index is 0.226. The molecule has 1 fully saturated rings. The summed E-state index contributed by atoms with van der Waals surface area (Å²) >= 11 is 0. The number of nitrogens with zero attached hydrogens (tertiary/aromatic N) is 1. The summed E-state index contributed by atoms with van der Waals surface area (Å²) in [5.74, 6) is 0. The molecule has 1 saturated heterocycles. The number of hydrogen-bond donors (Lipinski definition) is 1. The summed E-state index contributed by atoms with van der Waals surface area (Å²) in [5, 5.41) is 8.81. The Morgan fingerprint density at radius 3 is 3.00 bits per heavy atom. The smallest absolute Gasteiger partial charge is 0.0620 e. The fraction of sp³-hybridized carbons (Fsp3) is 0.583. The molecule has 2 heterocycles. The maximum absolute atomic E-state index is 8.81. The summed E-state index contributed by atoms with van der Waals surface area (Å²) in [7, 11) is 0. The Morgan fingerprint density at radius 1 is 1.40 bits per heavy atom. The van der Waals surface area contributed by atoms with Crippen LogP contribution in [0.2, 0.25) is 0 Å². The molecule has 0 saturated carbocycles. The van der Waals surface area contributed by atoms with Crippen LogP contribution in [0.3, 0.4) is 0 Å². The van der Waals surface area contributed by atoms with Gasteiger partial charge in [-0.3, -0.25) is 4.98 Å². The van der Waals surface area contributed by atoms with Crippen molar-refractivity contribution in [1.29, 1.82) is 0 Å². The summed E-state index contributed by atoms with van der Waals surface area (Å²) in [6.07, 6.45) is 8.13. The van der Waals surface area contributed by atoms with E-state index in [1.165, 1.54) is 5.56 Å². The lowest BCUT2D eigenvalue weighted by atomic mass is 10.1. The van der Waals surface area contributed by atoms with Gasteiger partial charge in [-0.1, -0.05) is 6.07 Å². The maximum Gasteiger partial charge on any atom is 0.0620 e. The highest BCUT2D eigenvalue weighted by atomic mass is 16.5. The van der Waals surface area contributed by atoms with Gasteiger partial charge in [-0.15, -0.1) is 0 Å². The molecule has 0 aromatic carbocycles. The van der Waals surface area contributed by atoms with Crippen molar-refractivity contribution in [3.05, 3.63) is 30.1 Å². The minimum Gasteiger partial charge on any atom is -0.396 e. The number of ether oxygens (including phenoxy) is 1. The summed E-state index contributed by atoms with van der Waals surface area (Å²) in [5.41, 5.74) is 1.23. The van der Waals surface area contributed by atoms with Gasteiger partial charge in [-0.2, -0.15) is 0 Å². The predicted octanol–water partition coefficient (Wildman–Crippen LogP) is 1.55. The van der Waals surface area contributed by atoms with E-state index in [0.717, 1.165) is 25.7 Å². The second kappa shape index (κ2) is 5.24. The van der Waals surface area contributed by atoms with Gasteiger partial charge in [-0.05, 0) is 30.9 Å². The molecule has 0 bridgehead atoms. The van der Waals surface area contributed by atoms with Crippen LogP contribution in [-0.2, 0) is 11.2 Å². The zero-order chi connectivity index (χ0) is 10.5. The normalized spacial score (nSPS) is 25.7. The highest BCUT2D eigenvalue weighted by molar-refractivity contribution is 5.09. The van der Waals surface area contributed by atoms with Crippen LogP contribution < -0.4 is 0 Å². The van der Waals surface area contributed by atoms with Crippen LogP contribution in [0, 0.1) is 0 Å². The van der Waals surface area contributed by atoms with Crippen LogP contribution in [-0.4, -0.2) is 28.9 Å². The van der Waals surface area contributed by atoms with Gasteiger partial charge in [0.2, 0.25) is 0 Å². The topological polar surface area (TPSA) is 42.4 Å². The van der Waals surface area contributed by atoms with Crippen molar-refractivity contribution in [1.82, 2.24) is 4.98 Å². The third-order valence-electron chi connectivity index (χ3n) is 2.83. The van der Waals surface area contributed by atoms with Crippen molar-refractivity contribution in [2.45, 2.75) is 37.9 Å². The van der Waals surface area contributed by atoms with Gasteiger partial charge in [0, 0.05) is 25.4 Å². The van der Waals surface area contributed by atoms with Gasteiger partial charge >= 0.3 is 0 Å². The molecule has 1 N–H and O–H groups in total. The molecular formula is C12H17NO2. The Balaban J connectivity index is 1.82. The first-order valence-electron chi connectivity index (χ1n) is 5.53. The zero-order valence-corrected chi connectivity index (χ0v) is 8.80. The van der Waals surface area contributed by atoms with E-state index < -0.39 is 0 Å². The molecule has 82 valence electrons. The zero-order valence-electron chi connectivity index (χ0n) is 8.80. The van der Waals surface area contributed by atoms with Gasteiger partial charge in [0.15, 0.2) is 0 Å². The molecule has 1 aliphatic heterocycles. The molecule has 1 aromatic rings. The van der Waals surface area contributed by atoms with Crippen LogP contribution in [0.25, 0.3) is 0 Å². The molecule has 1 aliphatic rings. The fourth-order valence-electron chi connectivity index (χ4n) is 2.07. The highest BCUT2D eigenvalue weighted by Crippen LogP contribution is 2.24. The number of aliphatic hydroxyl groups is 1. The van der Waals surface area contributed by atoms with Crippen molar-refractivity contribution in [3.8, 4) is 0 Å². The third-order valence-corrected chi connectivity index (χ3v) is 2.83. The average Bonchev–Trinajstić information content (AvgIpc) is 2.68. The molecule has 3 heteroatoms. The van der Waals surface area contributed by atoms with E-state index >= 15 is 0 Å². The van der Waals surface area contributed by atoms with Crippen LogP contribution >= 0.6 is 0 Å². The first-order chi connectivity index (χ1) is 7.38. The second-order valence-electron chi connectivity index (χ2n) is 4.04. The lowest BCUT2D eigenvalue weighted by Crippen LogP contribution is -2.14. The number of rotatable bonds is 4. The van der Waals surface area contributed by atoms with E-state index in [-0.39, 0.29) is 12.7 Å². The Bertz CT molecular complexity index is 289. The first-order valence-corrected chi connectivity index (χ1v) is 5.53. The second-order valence-corrected chi connectivity index (χ2v) is 4.04. The van der Waals surface area contributed by atoms with E-state index in [9.17, 15) is 0 Å². The van der Waals surface area contributed by atoms with Gasteiger partial charge in [-0.25, -0.2) is 0 Å². The number of aliphatic hydroxyl groups excluding tert-OH is 1. The van der Waals surface area contributed by atoms with Crippen molar-refractivity contribution in [2.75, 3.05) is 6.61 Å². The average molecular weight is 207 g/mol. The van der Waals surface area contributed by atoms with Crippen molar-refractivity contribution in [2.24, 2.45) is 0 Å². The van der Waals surface area contributed by atoms with E-state index in [1.54, 1.807) is 6.20 Å². The predicted molar refractivity (Wildman–Crippen MR) is 57.5 cm³/mol. The van der Waals surface area contributed by atoms with E-state index in [4.69, 9.17) is 9.84 Å². The Morgan fingerprint density at radius 2 is 2.27 bits per heavy atom. The fourth-order valence-corrected chi connectivity index (χ4v) is 2.07. The SMILES string of the molecule is OCC[C@H]1CC[C@H](Cc2cccnc2)O1. The summed E-state index contributed by atoms with van der Waals surface area (Å²) in [6.45, 7) is 0.226. The summed E-state index contributed by atoms with van der Waals surface area (Å²) in [4.78, 5) is 4.09. The standard InChI is InChI=1S/C12H17NO2/c14-7-5-11-3-4-12(15-11)8-10-2-1-6-13-9-10/h1-2,6,9,11-12,14H,3-5,7-8H2/t11-,12-/m1/s1. The van der Waals surface area contributed by atoms with Gasteiger partial charge in [0.25, 0.3) is 0 Å². The first kappa shape index (κ1) is 10.6. The molecule has 2 atom stereocenters. The lowest BCUT2D eigenvalue weighted by molar-refractivity contribution is 0.0316. The van der Waals surface area contributed by atoms with Crippen LogP contribution in [0.15, 0.2) is 24.5 Å². The van der Waals surface area contributed by atoms with Crippen molar-refractivity contribution in [3.63, 3.8) is 0 Å². The van der Waals surface area contributed by atoms with Crippen LogP contribution in [0.5, 0.6) is 0 Å². The van der Waals surface area contributed by atoms with Gasteiger partial charge < -0.3 is 9.84 Å². The molecule has 15 heavy (non-hydrogen) atoms. The number of hydrogen-bond acceptors (Lipinski definition) is 3. The van der Waals surface area contributed by atoms with Gasteiger partial charge in [0.1, 0.15) is 0 Å². The van der Waals surface area contributed by atoms with Gasteiger partial charge in [0.05, 0.1) is 12.2 Å². The quantitative estimate of drug-likeness (QED) is 0.814. The minimum absolute atomic E-state index is 0.226. The Kier molecular flexibility index (Phi) is 3.69. The molecule has 3 nitrogen and oxygen atoms in total. The van der Waals surface area contributed by atoms with E-state index in [0.29, 0.717) is 6.10 Å². The molecule has 0 unspecified atom stereocenters. The monoisotopic (exact) mass is 207 g/mol. The Labute approximate surface area is 90.1 Å². The largest absolute Gasteiger partial charge is 0.396 e. The van der Waals surface area contributed by atoms with Crippen LogP contribution in [0.1, 0.15) is 24.8 Å². The molecule has 2 rings (SSSR count). The molecule has 0 radical (unpaired) electrons. The summed E-state index contributed by atoms with van der Waals surface area (Å²) < 4.78 is 5.82. The Hall–Kier alpha value is -0.930. The van der Waals surface area contributed by atoms with E-state index in [1.807, 2.05) is 12.3 Å². The van der Waals surface area contributed by atoms with E-state index in [2.05, 4.69) is 11.1 Å². The van der Waals surface area contributed by atoms with Crippen LogP contribution in [0.4, 0.5) is 0 Å².